The molecule has 0 aliphatic carbocycles. The number of hydrogen-bond donors (Lipinski definition) is 0. The molecule has 0 saturated carbocycles. The Labute approximate surface area is 132 Å². The van der Waals surface area contributed by atoms with Crippen LogP contribution in [0.2, 0.25) is 0 Å². The van der Waals surface area contributed by atoms with E-state index < -0.39 is 5.97 Å². The second kappa shape index (κ2) is 8.32. The summed E-state index contributed by atoms with van der Waals surface area (Å²) >= 11 is 3.39. The highest BCUT2D eigenvalue weighted by Crippen LogP contribution is 2.37. The van der Waals surface area contributed by atoms with Gasteiger partial charge < -0.3 is 14.2 Å². The number of carbonyl (C=O) groups is 1. The van der Waals surface area contributed by atoms with Crippen molar-refractivity contribution in [3.8, 4) is 17.6 Å². The van der Waals surface area contributed by atoms with Gasteiger partial charge in [0.2, 0.25) is 0 Å². The smallest absolute Gasteiger partial charge is 0.348 e. The summed E-state index contributed by atoms with van der Waals surface area (Å²) in [6.45, 7) is 4.27. The molecule has 0 spiro atoms. The van der Waals surface area contributed by atoms with Gasteiger partial charge in [0.15, 0.2) is 11.5 Å². The first-order chi connectivity index (χ1) is 10.1. The zero-order chi connectivity index (χ0) is 15.8. The van der Waals surface area contributed by atoms with Crippen LogP contribution in [0.4, 0.5) is 0 Å². The summed E-state index contributed by atoms with van der Waals surface area (Å²) in [5.41, 5.74) is 0.557. The second-order valence-corrected chi connectivity index (χ2v) is 4.71. The molecule has 1 aromatic rings. The standard InChI is InChI=1S/C15H16BrNO4/c1-4-20-14-12(16)7-10(8-13(14)19-3)6-11(9-17)15(18)21-5-2/h6-8H,4-5H2,1-3H3/b11-6-. The van der Waals surface area contributed by atoms with Crippen molar-refractivity contribution >= 4 is 28.0 Å². The molecule has 0 saturated heterocycles. The molecule has 0 fully saturated rings. The largest absolute Gasteiger partial charge is 0.493 e. The van der Waals surface area contributed by atoms with E-state index in [2.05, 4.69) is 15.9 Å². The lowest BCUT2D eigenvalue weighted by Gasteiger charge is -2.12. The van der Waals surface area contributed by atoms with Gasteiger partial charge in [0, 0.05) is 0 Å². The summed E-state index contributed by atoms with van der Waals surface area (Å²) in [6, 6.07) is 5.26. The molecule has 0 aromatic heterocycles. The van der Waals surface area contributed by atoms with Crippen LogP contribution in [0, 0.1) is 11.3 Å². The highest BCUT2D eigenvalue weighted by Gasteiger charge is 2.13. The monoisotopic (exact) mass is 353 g/mol. The van der Waals surface area contributed by atoms with Crippen LogP contribution in [0.5, 0.6) is 11.5 Å². The molecule has 112 valence electrons. The van der Waals surface area contributed by atoms with E-state index in [9.17, 15) is 4.79 Å². The predicted molar refractivity (Wildman–Crippen MR) is 82.1 cm³/mol. The summed E-state index contributed by atoms with van der Waals surface area (Å²) in [5, 5.41) is 9.03. The lowest BCUT2D eigenvalue weighted by atomic mass is 10.1. The first-order valence-corrected chi connectivity index (χ1v) is 7.15. The third-order valence-electron chi connectivity index (χ3n) is 2.47. The van der Waals surface area contributed by atoms with Crippen molar-refractivity contribution in [3.05, 3.63) is 27.7 Å². The number of ether oxygens (including phenoxy) is 3. The molecule has 0 amide bonds. The van der Waals surface area contributed by atoms with E-state index in [-0.39, 0.29) is 12.2 Å². The molecule has 0 unspecified atom stereocenters. The molecule has 0 aliphatic heterocycles. The third-order valence-corrected chi connectivity index (χ3v) is 3.06. The van der Waals surface area contributed by atoms with Crippen molar-refractivity contribution < 1.29 is 19.0 Å². The molecule has 0 radical (unpaired) electrons. The summed E-state index contributed by atoms with van der Waals surface area (Å²) in [4.78, 5) is 11.6. The van der Waals surface area contributed by atoms with Gasteiger partial charge in [-0.05, 0) is 53.5 Å². The number of methoxy groups -OCH3 is 1. The van der Waals surface area contributed by atoms with Crippen molar-refractivity contribution in [3.63, 3.8) is 0 Å². The highest BCUT2D eigenvalue weighted by molar-refractivity contribution is 9.10. The fourth-order valence-corrected chi connectivity index (χ4v) is 2.19. The summed E-state index contributed by atoms with van der Waals surface area (Å²) < 4.78 is 16.2. The van der Waals surface area contributed by atoms with Crippen molar-refractivity contribution in [2.24, 2.45) is 0 Å². The molecule has 5 nitrogen and oxygen atoms in total. The minimum atomic E-state index is -0.649. The van der Waals surface area contributed by atoms with Crippen LogP contribution >= 0.6 is 15.9 Å². The van der Waals surface area contributed by atoms with Gasteiger partial charge in [-0.1, -0.05) is 0 Å². The number of carbonyl (C=O) groups excluding carboxylic acids is 1. The predicted octanol–water partition coefficient (Wildman–Crippen LogP) is 3.33. The van der Waals surface area contributed by atoms with Gasteiger partial charge >= 0.3 is 5.97 Å². The Hall–Kier alpha value is -2.00. The number of nitrogens with zero attached hydrogens (tertiary/aromatic N) is 1. The van der Waals surface area contributed by atoms with E-state index in [0.29, 0.717) is 28.1 Å². The van der Waals surface area contributed by atoms with Crippen molar-refractivity contribution in [2.75, 3.05) is 20.3 Å². The van der Waals surface area contributed by atoms with Gasteiger partial charge in [0.25, 0.3) is 0 Å². The molecule has 0 N–H and O–H groups in total. The maximum Gasteiger partial charge on any atom is 0.348 e. The number of hydrogen-bond acceptors (Lipinski definition) is 5. The molecule has 0 atom stereocenters. The van der Waals surface area contributed by atoms with E-state index >= 15 is 0 Å². The molecule has 1 aromatic carbocycles. The van der Waals surface area contributed by atoms with Crippen LogP contribution in [0.25, 0.3) is 6.08 Å². The van der Waals surface area contributed by atoms with Gasteiger partial charge in [-0.2, -0.15) is 5.26 Å². The highest BCUT2D eigenvalue weighted by atomic mass is 79.9. The maximum absolute atomic E-state index is 11.6. The van der Waals surface area contributed by atoms with Crippen molar-refractivity contribution in [1.29, 1.82) is 5.26 Å². The zero-order valence-electron chi connectivity index (χ0n) is 12.1. The summed E-state index contributed by atoms with van der Waals surface area (Å²) in [7, 11) is 1.52. The van der Waals surface area contributed by atoms with Crippen LogP contribution in [0.3, 0.4) is 0 Å². The molecule has 0 bridgehead atoms. The number of rotatable bonds is 6. The van der Waals surface area contributed by atoms with E-state index in [1.807, 2.05) is 13.0 Å². The van der Waals surface area contributed by atoms with Crippen LogP contribution in [0.1, 0.15) is 19.4 Å². The van der Waals surface area contributed by atoms with Crippen LogP contribution in [-0.2, 0) is 9.53 Å². The number of halogens is 1. The Morgan fingerprint density at radius 3 is 2.62 bits per heavy atom. The Bertz CT molecular complexity index is 590. The molecule has 1 rings (SSSR count). The Morgan fingerprint density at radius 1 is 1.38 bits per heavy atom. The lowest BCUT2D eigenvalue weighted by Crippen LogP contribution is -2.06. The molecular weight excluding hydrogens is 338 g/mol. The Balaban J connectivity index is 3.23. The van der Waals surface area contributed by atoms with Crippen LogP contribution in [0.15, 0.2) is 22.2 Å². The number of benzene rings is 1. The number of nitriles is 1. The van der Waals surface area contributed by atoms with E-state index in [1.54, 1.807) is 19.1 Å². The van der Waals surface area contributed by atoms with Crippen molar-refractivity contribution in [1.82, 2.24) is 0 Å². The van der Waals surface area contributed by atoms with E-state index in [4.69, 9.17) is 19.5 Å². The first-order valence-electron chi connectivity index (χ1n) is 6.36. The quantitative estimate of drug-likeness (QED) is 0.445. The second-order valence-electron chi connectivity index (χ2n) is 3.86. The average Bonchev–Trinajstić information content (AvgIpc) is 2.47. The van der Waals surface area contributed by atoms with Gasteiger partial charge in [-0.3, -0.25) is 0 Å². The van der Waals surface area contributed by atoms with Gasteiger partial charge in [-0.25, -0.2) is 4.79 Å². The van der Waals surface area contributed by atoms with Crippen LogP contribution < -0.4 is 9.47 Å². The van der Waals surface area contributed by atoms with E-state index in [1.165, 1.54) is 13.2 Å². The summed E-state index contributed by atoms with van der Waals surface area (Å²) in [6.07, 6.45) is 1.45. The maximum atomic E-state index is 11.6. The van der Waals surface area contributed by atoms with Crippen LogP contribution in [-0.4, -0.2) is 26.3 Å². The molecule has 0 heterocycles. The topological polar surface area (TPSA) is 68.6 Å². The summed E-state index contributed by atoms with van der Waals surface area (Å²) in [5.74, 6) is 0.439. The molecular formula is C15H16BrNO4. The normalized spacial score (nSPS) is 10.7. The minimum Gasteiger partial charge on any atom is -0.493 e. The lowest BCUT2D eigenvalue weighted by molar-refractivity contribution is -0.137. The number of esters is 1. The molecule has 6 heteroatoms. The fourth-order valence-electron chi connectivity index (χ4n) is 1.62. The van der Waals surface area contributed by atoms with Gasteiger partial charge in [-0.15, -0.1) is 0 Å². The average molecular weight is 354 g/mol. The minimum absolute atomic E-state index is 0.0741. The molecule has 0 aliphatic rings. The zero-order valence-corrected chi connectivity index (χ0v) is 13.7. The first kappa shape index (κ1) is 17.1. The van der Waals surface area contributed by atoms with E-state index in [0.717, 1.165) is 0 Å². The van der Waals surface area contributed by atoms with Gasteiger partial charge in [0.1, 0.15) is 11.6 Å². The van der Waals surface area contributed by atoms with Crippen molar-refractivity contribution in [2.45, 2.75) is 13.8 Å². The Kier molecular flexibility index (Phi) is 6.76. The third kappa shape index (κ3) is 4.50. The molecule has 21 heavy (non-hydrogen) atoms. The Morgan fingerprint density at radius 2 is 2.10 bits per heavy atom. The SMILES string of the molecule is CCOC(=O)/C(C#N)=C\c1cc(Br)c(OCC)c(OC)c1. The van der Waals surface area contributed by atoms with Gasteiger partial charge in [0.05, 0.1) is 24.8 Å². The fraction of sp³-hybridized carbons (Fsp3) is 0.333.